The Morgan fingerprint density at radius 2 is 1.74 bits per heavy atom. The highest BCUT2D eigenvalue weighted by molar-refractivity contribution is 5.96. The lowest BCUT2D eigenvalue weighted by molar-refractivity contribution is 0.305. The van der Waals surface area contributed by atoms with E-state index in [0.29, 0.717) is 6.61 Å². The van der Waals surface area contributed by atoms with Crippen LogP contribution in [-0.4, -0.2) is 5.84 Å². The fourth-order valence-electron chi connectivity index (χ4n) is 2.09. The van der Waals surface area contributed by atoms with Crippen LogP contribution in [-0.2, 0) is 6.61 Å². The van der Waals surface area contributed by atoms with Crippen LogP contribution in [0.2, 0.25) is 0 Å². The molecule has 0 aromatic heterocycles. The van der Waals surface area contributed by atoms with E-state index in [2.05, 4.69) is 6.07 Å². The normalized spacial score (nSPS) is 10.2. The van der Waals surface area contributed by atoms with E-state index in [1.807, 2.05) is 50.2 Å². The zero-order valence-corrected chi connectivity index (χ0v) is 11.2. The van der Waals surface area contributed by atoms with Gasteiger partial charge < -0.3 is 10.5 Å². The van der Waals surface area contributed by atoms with Gasteiger partial charge in [0.15, 0.2) is 0 Å². The summed E-state index contributed by atoms with van der Waals surface area (Å²) in [6, 6.07) is 13.7. The van der Waals surface area contributed by atoms with Crippen LogP contribution in [0.5, 0.6) is 5.75 Å². The van der Waals surface area contributed by atoms with Gasteiger partial charge in [-0.15, -0.1) is 0 Å². The Kier molecular flexibility index (Phi) is 3.85. The second-order valence-electron chi connectivity index (χ2n) is 4.68. The Bertz CT molecular complexity index is 585. The number of amidine groups is 1. The maximum Gasteiger partial charge on any atom is 0.123 e. The van der Waals surface area contributed by atoms with Gasteiger partial charge in [0.05, 0.1) is 0 Å². The van der Waals surface area contributed by atoms with Gasteiger partial charge in [0.1, 0.15) is 18.2 Å². The first-order chi connectivity index (χ1) is 9.06. The summed E-state index contributed by atoms with van der Waals surface area (Å²) in [7, 11) is 0. The van der Waals surface area contributed by atoms with Crippen molar-refractivity contribution in [3.63, 3.8) is 0 Å². The van der Waals surface area contributed by atoms with Crippen molar-refractivity contribution in [2.75, 3.05) is 0 Å². The lowest BCUT2D eigenvalue weighted by Crippen LogP contribution is -2.14. The summed E-state index contributed by atoms with van der Waals surface area (Å²) >= 11 is 0. The number of rotatable bonds is 4. The van der Waals surface area contributed by atoms with Crippen LogP contribution >= 0.6 is 0 Å². The molecule has 0 spiro atoms. The number of nitrogens with one attached hydrogen (secondary N) is 1. The Balaban J connectivity index is 2.16. The summed E-state index contributed by atoms with van der Waals surface area (Å²) in [5, 5.41) is 7.55. The average Bonchev–Trinajstić information content (AvgIpc) is 2.35. The van der Waals surface area contributed by atoms with Crippen LogP contribution in [0.1, 0.15) is 22.3 Å². The number of nitrogens with two attached hydrogens (primary N) is 1. The molecule has 0 saturated heterocycles. The molecule has 0 radical (unpaired) electrons. The number of hydrogen-bond acceptors (Lipinski definition) is 2. The number of benzene rings is 2. The largest absolute Gasteiger partial charge is 0.489 e. The fourth-order valence-corrected chi connectivity index (χ4v) is 2.09. The van der Waals surface area contributed by atoms with Crippen molar-refractivity contribution in [3.05, 3.63) is 64.7 Å². The summed E-state index contributed by atoms with van der Waals surface area (Å²) in [6.45, 7) is 4.51. The molecule has 0 aliphatic rings. The van der Waals surface area contributed by atoms with Gasteiger partial charge in [-0.2, -0.15) is 0 Å². The maximum atomic E-state index is 7.55. The average molecular weight is 254 g/mol. The monoisotopic (exact) mass is 254 g/mol. The predicted octanol–water partition coefficient (Wildman–Crippen LogP) is 3.17. The van der Waals surface area contributed by atoms with Gasteiger partial charge in [0.25, 0.3) is 0 Å². The fraction of sp³-hybridized carbons (Fsp3) is 0.188. The Morgan fingerprint density at radius 1 is 1.11 bits per heavy atom. The van der Waals surface area contributed by atoms with Crippen LogP contribution in [0, 0.1) is 19.3 Å². The van der Waals surface area contributed by atoms with Gasteiger partial charge in [0.2, 0.25) is 0 Å². The number of ether oxygens (including phenoxy) is 1. The van der Waals surface area contributed by atoms with E-state index >= 15 is 0 Å². The molecule has 0 heterocycles. The highest BCUT2D eigenvalue weighted by Crippen LogP contribution is 2.18. The standard InChI is InChI=1S/C16H18N2O/c1-11-7-12(2)9-14(8-11)19-10-13-5-3-4-6-15(13)16(17)18/h3-9H,10H2,1-2H3,(H3,17,18). The van der Waals surface area contributed by atoms with Crippen molar-refractivity contribution in [1.82, 2.24) is 0 Å². The summed E-state index contributed by atoms with van der Waals surface area (Å²) in [5.74, 6) is 0.912. The van der Waals surface area contributed by atoms with Gasteiger partial charge in [-0.25, -0.2) is 0 Å². The van der Waals surface area contributed by atoms with Gasteiger partial charge in [-0.3, -0.25) is 5.41 Å². The highest BCUT2D eigenvalue weighted by atomic mass is 16.5. The molecule has 19 heavy (non-hydrogen) atoms. The van der Waals surface area contributed by atoms with Crippen LogP contribution in [0.25, 0.3) is 0 Å². The first-order valence-corrected chi connectivity index (χ1v) is 6.19. The third-order valence-corrected chi connectivity index (χ3v) is 2.90. The molecule has 0 unspecified atom stereocenters. The van der Waals surface area contributed by atoms with Crippen molar-refractivity contribution in [3.8, 4) is 5.75 Å². The second-order valence-corrected chi connectivity index (χ2v) is 4.68. The minimum atomic E-state index is 0.0691. The van der Waals surface area contributed by atoms with E-state index < -0.39 is 0 Å². The molecule has 0 aliphatic heterocycles. The quantitative estimate of drug-likeness (QED) is 0.650. The highest BCUT2D eigenvalue weighted by Gasteiger charge is 2.05. The Labute approximate surface area is 113 Å². The van der Waals surface area contributed by atoms with Crippen LogP contribution in [0.15, 0.2) is 42.5 Å². The molecule has 3 nitrogen and oxygen atoms in total. The summed E-state index contributed by atoms with van der Waals surface area (Å²) in [5.41, 5.74) is 9.56. The number of aryl methyl sites for hydroxylation is 2. The van der Waals surface area contributed by atoms with E-state index in [1.54, 1.807) is 0 Å². The topological polar surface area (TPSA) is 59.1 Å². The van der Waals surface area contributed by atoms with E-state index in [0.717, 1.165) is 16.9 Å². The minimum absolute atomic E-state index is 0.0691. The summed E-state index contributed by atoms with van der Waals surface area (Å²) in [4.78, 5) is 0. The molecule has 3 N–H and O–H groups in total. The molecule has 2 rings (SSSR count). The zero-order valence-electron chi connectivity index (χ0n) is 11.2. The lowest BCUT2D eigenvalue weighted by atomic mass is 10.1. The molecule has 0 saturated carbocycles. The molecule has 0 aliphatic carbocycles. The van der Waals surface area contributed by atoms with E-state index in [-0.39, 0.29) is 5.84 Å². The van der Waals surface area contributed by atoms with Crippen molar-refractivity contribution < 1.29 is 4.74 Å². The second kappa shape index (κ2) is 5.57. The molecule has 0 amide bonds. The van der Waals surface area contributed by atoms with Gasteiger partial charge in [-0.1, -0.05) is 30.3 Å². The van der Waals surface area contributed by atoms with E-state index in [1.165, 1.54) is 11.1 Å². The van der Waals surface area contributed by atoms with E-state index in [4.69, 9.17) is 15.9 Å². The molecule has 0 atom stereocenters. The van der Waals surface area contributed by atoms with Crippen molar-refractivity contribution in [2.24, 2.45) is 5.73 Å². The Hall–Kier alpha value is -2.29. The first-order valence-electron chi connectivity index (χ1n) is 6.19. The van der Waals surface area contributed by atoms with Crippen molar-refractivity contribution in [2.45, 2.75) is 20.5 Å². The number of nitrogen functional groups attached to an aromatic ring is 1. The third-order valence-electron chi connectivity index (χ3n) is 2.90. The molecule has 3 heteroatoms. The lowest BCUT2D eigenvalue weighted by Gasteiger charge is -2.11. The summed E-state index contributed by atoms with van der Waals surface area (Å²) < 4.78 is 5.79. The van der Waals surface area contributed by atoms with E-state index in [9.17, 15) is 0 Å². The minimum Gasteiger partial charge on any atom is -0.489 e. The molecule has 0 fully saturated rings. The smallest absolute Gasteiger partial charge is 0.123 e. The Morgan fingerprint density at radius 3 is 2.37 bits per heavy atom. The van der Waals surface area contributed by atoms with Crippen molar-refractivity contribution >= 4 is 5.84 Å². The molecular weight excluding hydrogens is 236 g/mol. The summed E-state index contributed by atoms with van der Waals surface area (Å²) in [6.07, 6.45) is 0. The van der Waals surface area contributed by atoms with Crippen LogP contribution in [0.3, 0.4) is 0 Å². The first kappa shape index (κ1) is 13.1. The maximum absolute atomic E-state index is 7.55. The van der Waals surface area contributed by atoms with Crippen LogP contribution < -0.4 is 10.5 Å². The molecule has 2 aromatic carbocycles. The number of hydrogen-bond donors (Lipinski definition) is 2. The molecular formula is C16H18N2O. The van der Waals surface area contributed by atoms with Crippen molar-refractivity contribution in [1.29, 1.82) is 5.41 Å². The SMILES string of the molecule is Cc1cc(C)cc(OCc2ccccc2C(=N)N)c1. The molecule has 0 bridgehead atoms. The van der Waals surface area contributed by atoms with Gasteiger partial charge >= 0.3 is 0 Å². The van der Waals surface area contributed by atoms with Gasteiger partial charge in [-0.05, 0) is 37.1 Å². The van der Waals surface area contributed by atoms with Crippen LogP contribution in [0.4, 0.5) is 0 Å². The molecule has 98 valence electrons. The zero-order chi connectivity index (χ0) is 13.8. The van der Waals surface area contributed by atoms with Gasteiger partial charge in [0, 0.05) is 11.1 Å². The molecule has 2 aromatic rings. The third kappa shape index (κ3) is 3.35. The predicted molar refractivity (Wildman–Crippen MR) is 77.7 cm³/mol.